The maximum atomic E-state index is 5.87. The third kappa shape index (κ3) is 5.57. The lowest BCUT2D eigenvalue weighted by Crippen LogP contribution is -2.41. The van der Waals surface area contributed by atoms with Gasteiger partial charge in [-0.05, 0) is 30.7 Å². The molecule has 0 saturated heterocycles. The molecule has 3 aromatic rings. The van der Waals surface area contributed by atoms with Gasteiger partial charge in [0, 0.05) is 33.3 Å². The monoisotopic (exact) mass is 494 g/mol. The summed E-state index contributed by atoms with van der Waals surface area (Å²) in [6.07, 6.45) is 2.74. The van der Waals surface area contributed by atoms with Crippen LogP contribution in [-0.4, -0.2) is 59.2 Å². The molecule has 0 radical (unpaired) electrons. The van der Waals surface area contributed by atoms with Gasteiger partial charge in [-0.3, -0.25) is 9.39 Å². The van der Waals surface area contributed by atoms with E-state index in [1.807, 2.05) is 67.0 Å². The van der Waals surface area contributed by atoms with Crippen LogP contribution in [0.4, 0.5) is 0 Å². The van der Waals surface area contributed by atoms with E-state index >= 15 is 0 Å². The minimum absolute atomic E-state index is 0. The molecule has 1 N–H and O–H groups in total. The zero-order valence-electron chi connectivity index (χ0n) is 16.5. The van der Waals surface area contributed by atoms with Gasteiger partial charge in [-0.1, -0.05) is 24.3 Å². The second-order valence-corrected chi connectivity index (χ2v) is 6.30. The van der Waals surface area contributed by atoms with Crippen LogP contribution in [0.5, 0.6) is 5.75 Å². The summed E-state index contributed by atoms with van der Waals surface area (Å²) in [7, 11) is 3.79. The van der Waals surface area contributed by atoms with E-state index in [0.29, 0.717) is 6.61 Å². The van der Waals surface area contributed by atoms with E-state index in [9.17, 15) is 0 Å². The van der Waals surface area contributed by atoms with Gasteiger partial charge in [0.05, 0.1) is 6.54 Å². The Balaban J connectivity index is 0.00000280. The van der Waals surface area contributed by atoms with Gasteiger partial charge in [0.25, 0.3) is 0 Å². The molecule has 0 spiro atoms. The first-order chi connectivity index (χ1) is 13.2. The maximum Gasteiger partial charge on any atom is 0.193 e. The van der Waals surface area contributed by atoms with Crippen LogP contribution in [0.2, 0.25) is 0 Å². The van der Waals surface area contributed by atoms with Gasteiger partial charge >= 0.3 is 0 Å². The standard InChI is InChI=1S/C20H26N6O.HI/c1-16-8-4-5-9-17(16)27-15-14-25(3)20(21-2)22-12-11-19-24-23-18-10-6-7-13-26(18)19;/h4-10,13H,11-12,14-15H2,1-3H3,(H,21,22);1H. The van der Waals surface area contributed by atoms with E-state index in [-0.39, 0.29) is 24.0 Å². The van der Waals surface area contributed by atoms with Crippen molar-refractivity contribution in [3.05, 3.63) is 60.0 Å². The number of benzene rings is 1. The van der Waals surface area contributed by atoms with Gasteiger partial charge < -0.3 is 15.0 Å². The number of aromatic nitrogens is 3. The number of nitrogens with one attached hydrogen (secondary N) is 1. The third-order valence-corrected chi connectivity index (χ3v) is 4.37. The molecule has 28 heavy (non-hydrogen) atoms. The van der Waals surface area contributed by atoms with Crippen LogP contribution in [0.1, 0.15) is 11.4 Å². The van der Waals surface area contributed by atoms with Crippen molar-refractivity contribution in [1.29, 1.82) is 0 Å². The summed E-state index contributed by atoms with van der Waals surface area (Å²) in [6, 6.07) is 13.9. The molecule has 2 aromatic heterocycles. The number of pyridine rings is 1. The quantitative estimate of drug-likeness (QED) is 0.311. The van der Waals surface area contributed by atoms with Crippen molar-refractivity contribution < 1.29 is 4.74 Å². The molecule has 2 heterocycles. The summed E-state index contributed by atoms with van der Waals surface area (Å²) >= 11 is 0. The molecule has 1 aromatic carbocycles. The summed E-state index contributed by atoms with van der Waals surface area (Å²) in [5.74, 6) is 2.68. The highest BCUT2D eigenvalue weighted by atomic mass is 127. The number of halogens is 1. The van der Waals surface area contributed by atoms with E-state index in [4.69, 9.17) is 4.74 Å². The molecule has 8 heteroatoms. The number of hydrogen-bond donors (Lipinski definition) is 1. The number of ether oxygens (including phenoxy) is 1. The van der Waals surface area contributed by atoms with Crippen LogP contribution in [0, 0.1) is 6.92 Å². The Hall–Kier alpha value is -2.36. The van der Waals surface area contributed by atoms with E-state index in [1.165, 1.54) is 0 Å². The second-order valence-electron chi connectivity index (χ2n) is 6.30. The summed E-state index contributed by atoms with van der Waals surface area (Å²) in [4.78, 5) is 6.40. The number of rotatable bonds is 7. The van der Waals surface area contributed by atoms with Crippen molar-refractivity contribution in [2.24, 2.45) is 4.99 Å². The molecule has 3 rings (SSSR count). The van der Waals surface area contributed by atoms with Crippen molar-refractivity contribution >= 4 is 35.6 Å². The molecule has 0 fully saturated rings. The van der Waals surface area contributed by atoms with Crippen molar-refractivity contribution in [3.63, 3.8) is 0 Å². The molecule has 0 aliphatic rings. The van der Waals surface area contributed by atoms with E-state index in [2.05, 4.69) is 25.4 Å². The molecule has 0 aliphatic carbocycles. The maximum absolute atomic E-state index is 5.87. The van der Waals surface area contributed by atoms with Gasteiger partial charge in [0.15, 0.2) is 11.6 Å². The summed E-state index contributed by atoms with van der Waals surface area (Å²) in [6.45, 7) is 4.11. The smallest absolute Gasteiger partial charge is 0.193 e. The zero-order valence-corrected chi connectivity index (χ0v) is 18.8. The van der Waals surface area contributed by atoms with Crippen LogP contribution in [0.25, 0.3) is 5.65 Å². The Labute approximate surface area is 182 Å². The lowest BCUT2D eigenvalue weighted by atomic mass is 10.2. The summed E-state index contributed by atoms with van der Waals surface area (Å²) in [5, 5.41) is 11.8. The summed E-state index contributed by atoms with van der Waals surface area (Å²) < 4.78 is 7.87. The van der Waals surface area contributed by atoms with Crippen LogP contribution in [-0.2, 0) is 6.42 Å². The van der Waals surface area contributed by atoms with Crippen LogP contribution >= 0.6 is 24.0 Å². The first-order valence-corrected chi connectivity index (χ1v) is 9.08. The zero-order chi connectivity index (χ0) is 19.1. The molecule has 0 atom stereocenters. The molecule has 7 nitrogen and oxygen atoms in total. The first kappa shape index (κ1) is 21.9. The summed E-state index contributed by atoms with van der Waals surface area (Å²) in [5.41, 5.74) is 2.01. The third-order valence-electron chi connectivity index (χ3n) is 4.37. The minimum Gasteiger partial charge on any atom is -0.491 e. The molecule has 150 valence electrons. The number of aliphatic imine (C=N–C) groups is 1. The number of hydrogen-bond acceptors (Lipinski definition) is 4. The molecule has 0 bridgehead atoms. The van der Waals surface area contributed by atoms with E-state index in [0.717, 1.165) is 48.3 Å². The molecule has 0 amide bonds. The number of aryl methyl sites for hydroxylation is 1. The van der Waals surface area contributed by atoms with Crippen molar-refractivity contribution in [1.82, 2.24) is 24.8 Å². The first-order valence-electron chi connectivity index (χ1n) is 9.08. The minimum atomic E-state index is 0. The Bertz CT molecular complexity index is 910. The van der Waals surface area contributed by atoms with Gasteiger partial charge in [0.1, 0.15) is 18.2 Å². The van der Waals surface area contributed by atoms with Gasteiger partial charge in [-0.15, -0.1) is 34.2 Å². The topological polar surface area (TPSA) is 67.0 Å². The highest BCUT2D eigenvalue weighted by Gasteiger charge is 2.08. The highest BCUT2D eigenvalue weighted by Crippen LogP contribution is 2.15. The number of fused-ring (bicyclic) bond motifs is 1. The van der Waals surface area contributed by atoms with Crippen molar-refractivity contribution in [2.45, 2.75) is 13.3 Å². The average molecular weight is 494 g/mol. The van der Waals surface area contributed by atoms with Crippen LogP contribution in [0.3, 0.4) is 0 Å². The molecule has 0 unspecified atom stereocenters. The Morgan fingerprint density at radius 2 is 1.96 bits per heavy atom. The fraction of sp³-hybridized carbons (Fsp3) is 0.350. The molecule has 0 aliphatic heterocycles. The number of para-hydroxylation sites is 1. The Morgan fingerprint density at radius 3 is 2.75 bits per heavy atom. The molecular weight excluding hydrogens is 467 g/mol. The average Bonchev–Trinajstić information content (AvgIpc) is 3.10. The molecular formula is C20H27IN6O. The predicted octanol–water partition coefficient (Wildman–Crippen LogP) is 2.78. The fourth-order valence-corrected chi connectivity index (χ4v) is 2.85. The van der Waals surface area contributed by atoms with Gasteiger partial charge in [-0.25, -0.2) is 0 Å². The second kappa shape index (κ2) is 10.8. The van der Waals surface area contributed by atoms with Gasteiger partial charge in [0.2, 0.25) is 0 Å². The van der Waals surface area contributed by atoms with Crippen LogP contribution < -0.4 is 10.1 Å². The van der Waals surface area contributed by atoms with Gasteiger partial charge in [-0.2, -0.15) is 0 Å². The van der Waals surface area contributed by atoms with Crippen LogP contribution in [0.15, 0.2) is 53.7 Å². The SMILES string of the molecule is CN=C(NCCc1nnc2ccccn12)N(C)CCOc1ccccc1C.I. The predicted molar refractivity (Wildman–Crippen MR) is 123 cm³/mol. The Kier molecular flexibility index (Phi) is 8.49. The lowest BCUT2D eigenvalue weighted by molar-refractivity contribution is 0.280. The molecule has 0 saturated carbocycles. The van der Waals surface area contributed by atoms with Crippen molar-refractivity contribution in [3.8, 4) is 5.75 Å². The van der Waals surface area contributed by atoms with E-state index < -0.39 is 0 Å². The number of likely N-dealkylation sites (N-methyl/N-ethyl adjacent to an activating group) is 1. The highest BCUT2D eigenvalue weighted by molar-refractivity contribution is 14.0. The Morgan fingerprint density at radius 1 is 1.18 bits per heavy atom. The normalized spacial score (nSPS) is 11.2. The van der Waals surface area contributed by atoms with Crippen molar-refractivity contribution in [2.75, 3.05) is 33.8 Å². The largest absolute Gasteiger partial charge is 0.491 e. The van der Waals surface area contributed by atoms with E-state index in [1.54, 1.807) is 7.05 Å². The fourth-order valence-electron chi connectivity index (χ4n) is 2.85. The lowest BCUT2D eigenvalue weighted by Gasteiger charge is -2.22. The number of guanidine groups is 1. The number of nitrogens with zero attached hydrogens (tertiary/aromatic N) is 5.